The third-order valence-corrected chi connectivity index (χ3v) is 9.77. The van der Waals surface area contributed by atoms with Crippen molar-refractivity contribution in [2.24, 2.45) is 17.6 Å². The summed E-state index contributed by atoms with van der Waals surface area (Å²) in [5, 5.41) is 47.9. The van der Waals surface area contributed by atoms with Crippen LogP contribution in [-0.4, -0.2) is 61.4 Å². The van der Waals surface area contributed by atoms with Crippen molar-refractivity contribution in [3.8, 4) is 5.75 Å². The van der Waals surface area contributed by atoms with Crippen molar-refractivity contribution >= 4 is 45.8 Å². The Bertz CT molecular complexity index is 1970. The molecule has 0 radical (unpaired) electrons. The van der Waals surface area contributed by atoms with E-state index in [2.05, 4.69) is 0 Å². The van der Waals surface area contributed by atoms with Gasteiger partial charge in [0.25, 0.3) is 5.91 Å². The molecule has 1 saturated carbocycles. The van der Waals surface area contributed by atoms with Gasteiger partial charge in [0.05, 0.1) is 5.56 Å². The van der Waals surface area contributed by atoms with Crippen molar-refractivity contribution in [3.63, 3.8) is 0 Å². The lowest BCUT2D eigenvalue weighted by molar-refractivity contribution is -0.178. The quantitative estimate of drug-likeness (QED) is 0.188. The highest BCUT2D eigenvalue weighted by Crippen LogP contribution is 2.56. The summed E-state index contributed by atoms with van der Waals surface area (Å²) < 4.78 is 5.71. The molecule has 0 aromatic heterocycles. The number of hydrogen-bond acceptors (Lipinski definition) is 10. The van der Waals surface area contributed by atoms with Crippen LogP contribution in [0.2, 0.25) is 0 Å². The number of ketones is 3. The summed E-state index contributed by atoms with van der Waals surface area (Å²) in [5.41, 5.74) is 2.14. The number of benzene rings is 3. The lowest BCUT2D eigenvalue weighted by atomic mass is 9.55. The van der Waals surface area contributed by atoms with Gasteiger partial charge in [0.2, 0.25) is 5.78 Å². The van der Waals surface area contributed by atoms with Gasteiger partial charge in [-0.1, -0.05) is 68.4 Å². The Morgan fingerprint density at radius 2 is 1.64 bits per heavy atom. The third kappa shape index (κ3) is 4.80. The van der Waals surface area contributed by atoms with E-state index in [4.69, 9.17) is 10.5 Å². The van der Waals surface area contributed by atoms with Gasteiger partial charge in [-0.05, 0) is 27.8 Å². The van der Waals surface area contributed by atoms with E-state index in [0.29, 0.717) is 5.56 Å². The van der Waals surface area contributed by atoms with E-state index in [1.807, 2.05) is 42.5 Å². The minimum atomic E-state index is -2.95. The predicted octanol–water partition coefficient (Wildman–Crippen LogP) is 3.42. The summed E-state index contributed by atoms with van der Waals surface area (Å²) in [5.74, 6) is -10.3. The van der Waals surface area contributed by atoms with Crippen molar-refractivity contribution in [1.29, 1.82) is 0 Å². The van der Waals surface area contributed by atoms with Crippen LogP contribution in [0.3, 0.4) is 0 Å². The first-order valence-electron chi connectivity index (χ1n) is 15.3. The monoisotopic (exact) mass is 639 g/mol. The molecule has 1 fully saturated rings. The van der Waals surface area contributed by atoms with Gasteiger partial charge in [0.1, 0.15) is 34.7 Å². The smallest absolute Gasteiger partial charge is 0.305 e. The fourth-order valence-corrected chi connectivity index (χ4v) is 7.48. The molecule has 47 heavy (non-hydrogen) atoms. The number of ether oxygens (including phenoxy) is 1. The van der Waals surface area contributed by atoms with Crippen molar-refractivity contribution in [2.45, 2.75) is 57.2 Å². The van der Waals surface area contributed by atoms with Gasteiger partial charge < -0.3 is 30.9 Å². The lowest BCUT2D eigenvalue weighted by Gasteiger charge is -2.51. The Morgan fingerprint density at radius 1 is 0.957 bits per heavy atom. The van der Waals surface area contributed by atoms with Crippen molar-refractivity contribution < 1.29 is 49.1 Å². The van der Waals surface area contributed by atoms with E-state index in [1.165, 1.54) is 6.92 Å². The number of amides is 1. The van der Waals surface area contributed by atoms with Crippen LogP contribution in [0.4, 0.5) is 0 Å². The molecule has 11 heteroatoms. The molecule has 242 valence electrons. The van der Waals surface area contributed by atoms with Crippen LogP contribution >= 0.6 is 0 Å². The van der Waals surface area contributed by atoms with E-state index in [0.717, 1.165) is 16.3 Å². The number of aromatic hydroxyl groups is 1. The number of esters is 1. The molecule has 6 rings (SSSR count). The molecule has 0 saturated heterocycles. The Morgan fingerprint density at radius 3 is 2.34 bits per heavy atom. The van der Waals surface area contributed by atoms with E-state index in [9.17, 15) is 44.4 Å². The van der Waals surface area contributed by atoms with E-state index in [-0.39, 0.29) is 36.2 Å². The first kappa shape index (κ1) is 31.7. The minimum Gasteiger partial charge on any atom is -0.508 e. The van der Waals surface area contributed by atoms with Crippen LogP contribution < -0.4 is 5.73 Å². The van der Waals surface area contributed by atoms with Crippen LogP contribution in [0.15, 0.2) is 71.5 Å². The zero-order valence-electron chi connectivity index (χ0n) is 25.6. The molecule has 0 heterocycles. The van der Waals surface area contributed by atoms with Gasteiger partial charge >= 0.3 is 5.97 Å². The maximum atomic E-state index is 14.2. The third-order valence-electron chi connectivity index (χ3n) is 9.77. The molecule has 11 nitrogen and oxygen atoms in total. The van der Waals surface area contributed by atoms with E-state index in [1.54, 1.807) is 19.1 Å². The number of rotatable bonds is 7. The van der Waals surface area contributed by atoms with Gasteiger partial charge in [0.15, 0.2) is 11.4 Å². The molecular weight excluding hydrogens is 606 g/mol. The van der Waals surface area contributed by atoms with Crippen molar-refractivity contribution in [3.05, 3.63) is 93.8 Å². The molecule has 1 amide bonds. The summed E-state index contributed by atoms with van der Waals surface area (Å²) in [6, 6.07) is 16.4. The van der Waals surface area contributed by atoms with Crippen molar-refractivity contribution in [1.82, 2.24) is 0 Å². The first-order chi connectivity index (χ1) is 22.3. The fourth-order valence-electron chi connectivity index (χ4n) is 7.48. The normalized spacial score (nSPS) is 25.3. The minimum absolute atomic E-state index is 0.0767. The Hall–Kier alpha value is -5.29. The fraction of sp³-hybridized carbons (Fsp3) is 0.306. The van der Waals surface area contributed by atoms with Gasteiger partial charge in [-0.2, -0.15) is 0 Å². The van der Waals surface area contributed by atoms with Crippen LogP contribution in [0.5, 0.6) is 5.75 Å². The highest BCUT2D eigenvalue weighted by molar-refractivity contribution is 6.23. The maximum absolute atomic E-state index is 14.2. The number of phenols is 1. The number of carbonyl (C=O) groups excluding carboxylic acids is 5. The number of primary amides is 1. The molecule has 6 N–H and O–H groups in total. The molecule has 0 unspecified atom stereocenters. The maximum Gasteiger partial charge on any atom is 0.305 e. The van der Waals surface area contributed by atoms with Crippen LogP contribution in [0.25, 0.3) is 16.5 Å². The standard InChI is InChI=1S/C36H33NO10/c1-3-25(40)47-32-23-15-24(39)28(35(37)45)33(43)36(23,46)34(44)29-26(32)16(2)21-12-11-19(30(41)27(21)31(29)42)14-20(38)13-18-9-6-8-17-7-4-5-10-22(17)18/h4-12,16,23,26,32,41-43,46H,3,13-15H2,1-2H3,(H2,37,45)/t16-,23+,26+,32+,36+/m0/s1. The highest BCUT2D eigenvalue weighted by atomic mass is 16.5. The second-order valence-electron chi connectivity index (χ2n) is 12.4. The number of phenolic OH excluding ortho intramolecular Hbond substituents is 1. The number of Topliss-reactive ketones (excluding diaryl/α,β-unsaturated/α-hetero) is 3. The predicted molar refractivity (Wildman–Crippen MR) is 168 cm³/mol. The number of fused-ring (bicyclic) bond motifs is 4. The van der Waals surface area contributed by atoms with Gasteiger partial charge in [-0.25, -0.2) is 0 Å². The summed E-state index contributed by atoms with van der Waals surface area (Å²) >= 11 is 0. The second-order valence-corrected chi connectivity index (χ2v) is 12.4. The molecule has 3 aliphatic rings. The largest absolute Gasteiger partial charge is 0.508 e. The molecule has 3 aromatic rings. The zero-order valence-corrected chi connectivity index (χ0v) is 25.6. The summed E-state index contributed by atoms with van der Waals surface area (Å²) in [6.07, 6.45) is -2.29. The zero-order chi connectivity index (χ0) is 33.9. The summed E-state index contributed by atoms with van der Waals surface area (Å²) in [4.78, 5) is 65.0. The first-order valence-corrected chi connectivity index (χ1v) is 15.3. The number of aliphatic hydroxyl groups excluding tert-OH is 2. The van der Waals surface area contributed by atoms with Gasteiger partial charge in [-0.15, -0.1) is 0 Å². The molecule has 0 spiro atoms. The Kier molecular flexibility index (Phi) is 7.75. The average Bonchev–Trinajstić information content (AvgIpc) is 3.03. The molecule has 0 aliphatic heterocycles. The van der Waals surface area contributed by atoms with Crippen molar-refractivity contribution in [2.75, 3.05) is 0 Å². The summed E-state index contributed by atoms with van der Waals surface area (Å²) in [6.45, 7) is 3.19. The molecule has 5 atom stereocenters. The highest BCUT2D eigenvalue weighted by Gasteiger charge is 2.66. The lowest BCUT2D eigenvalue weighted by Crippen LogP contribution is -2.64. The van der Waals surface area contributed by atoms with E-state index >= 15 is 0 Å². The van der Waals surface area contributed by atoms with Crippen LogP contribution in [-0.2, 0) is 41.6 Å². The molecule has 3 aliphatic carbocycles. The van der Waals surface area contributed by atoms with Crippen LogP contribution in [0.1, 0.15) is 54.9 Å². The summed E-state index contributed by atoms with van der Waals surface area (Å²) in [7, 11) is 0. The van der Waals surface area contributed by atoms with E-state index < -0.39 is 87.7 Å². The van der Waals surface area contributed by atoms with Gasteiger partial charge in [0, 0.05) is 48.7 Å². The average molecular weight is 640 g/mol. The Balaban J connectivity index is 1.44. The number of nitrogens with two attached hydrogens (primary N) is 1. The number of aliphatic hydroxyl groups is 3. The molecule has 0 bridgehead atoms. The van der Waals surface area contributed by atoms with Crippen LogP contribution in [0, 0.1) is 11.8 Å². The van der Waals surface area contributed by atoms with Gasteiger partial charge in [-0.3, -0.25) is 24.0 Å². The Labute approximate surface area is 269 Å². The number of hydrogen-bond donors (Lipinski definition) is 5. The topological polar surface area (TPSA) is 202 Å². The molecular formula is C36H33NO10. The second kappa shape index (κ2) is 11.5. The number of carbonyl (C=O) groups is 5. The SMILES string of the molecule is CCC(=O)O[C@H]1[C@H]2C(=C(O)c3c(ccc(CC(=O)Cc4cccc5ccccc45)c3O)[C@@H]2C)C(=O)[C@]2(O)C(O)=C(C(N)=O)C(=O)C[C@H]12. The molecule has 3 aromatic carbocycles.